The molecule has 1 aliphatic heterocycles. The van der Waals surface area contributed by atoms with E-state index < -0.39 is 0 Å². The highest BCUT2D eigenvalue weighted by Gasteiger charge is 2.17. The van der Waals surface area contributed by atoms with E-state index in [0.29, 0.717) is 18.2 Å². The summed E-state index contributed by atoms with van der Waals surface area (Å²) in [6, 6.07) is 13.6. The molecule has 5 nitrogen and oxygen atoms in total. The molecule has 0 atom stereocenters. The number of amides is 1. The Labute approximate surface area is 152 Å². The minimum absolute atomic E-state index is 0.0437. The molecule has 134 valence electrons. The first-order chi connectivity index (χ1) is 12.7. The fraction of sp³-hybridized carbons (Fsp3) is 0.333. The molecule has 1 aromatic heterocycles. The van der Waals surface area contributed by atoms with Gasteiger partial charge >= 0.3 is 0 Å². The van der Waals surface area contributed by atoms with Crippen LogP contribution in [-0.2, 0) is 9.53 Å². The number of hydrogen-bond acceptors (Lipinski definition) is 4. The molecule has 0 radical (unpaired) electrons. The van der Waals surface area contributed by atoms with Crippen molar-refractivity contribution in [1.29, 1.82) is 0 Å². The van der Waals surface area contributed by atoms with Crippen LogP contribution >= 0.6 is 0 Å². The summed E-state index contributed by atoms with van der Waals surface area (Å²) in [5, 5.41) is 2.99. The number of nitrogens with one attached hydrogen (secondary N) is 1. The lowest BCUT2D eigenvalue weighted by Gasteiger charge is -2.21. The highest BCUT2D eigenvalue weighted by atomic mass is 16.5. The normalized spacial score (nSPS) is 15.3. The average Bonchev–Trinajstić information content (AvgIpc) is 3.06. The van der Waals surface area contributed by atoms with Gasteiger partial charge in [-0.15, -0.1) is 0 Å². The summed E-state index contributed by atoms with van der Waals surface area (Å²) in [6.45, 7) is 3.54. The predicted octanol–water partition coefficient (Wildman–Crippen LogP) is 4.56. The predicted molar refractivity (Wildman–Crippen MR) is 101 cm³/mol. The first kappa shape index (κ1) is 16.8. The second-order valence-electron chi connectivity index (χ2n) is 6.88. The molecule has 0 spiro atoms. The van der Waals surface area contributed by atoms with Crippen molar-refractivity contribution < 1.29 is 13.9 Å². The second-order valence-corrected chi connectivity index (χ2v) is 6.88. The van der Waals surface area contributed by atoms with E-state index in [1.807, 2.05) is 49.4 Å². The van der Waals surface area contributed by atoms with Gasteiger partial charge in [-0.1, -0.05) is 12.1 Å². The molecular weight excluding hydrogens is 328 g/mol. The monoisotopic (exact) mass is 350 g/mol. The van der Waals surface area contributed by atoms with E-state index in [0.717, 1.165) is 54.0 Å². The van der Waals surface area contributed by atoms with Gasteiger partial charge in [0.1, 0.15) is 5.52 Å². The number of carbonyl (C=O) groups excluding carboxylic acids is 1. The van der Waals surface area contributed by atoms with Gasteiger partial charge in [0.15, 0.2) is 5.58 Å². The van der Waals surface area contributed by atoms with Crippen molar-refractivity contribution in [3.8, 4) is 11.5 Å². The van der Waals surface area contributed by atoms with Crippen molar-refractivity contribution in [3.63, 3.8) is 0 Å². The molecule has 1 N–H and O–H groups in total. The number of nitrogens with zero attached hydrogens (tertiary/aromatic N) is 1. The first-order valence-corrected chi connectivity index (χ1v) is 9.02. The Kier molecular flexibility index (Phi) is 4.71. The van der Waals surface area contributed by atoms with Gasteiger partial charge in [-0.05, 0) is 61.6 Å². The highest BCUT2D eigenvalue weighted by Crippen LogP contribution is 2.27. The van der Waals surface area contributed by atoms with Crippen LogP contribution in [0.1, 0.15) is 24.8 Å². The van der Waals surface area contributed by atoms with Crippen LogP contribution in [0, 0.1) is 12.8 Å². The molecule has 0 saturated carbocycles. The number of ether oxygens (including phenoxy) is 1. The molecule has 26 heavy (non-hydrogen) atoms. The minimum Gasteiger partial charge on any atom is -0.436 e. The Bertz CT molecular complexity index is 926. The summed E-state index contributed by atoms with van der Waals surface area (Å²) < 4.78 is 11.2. The number of rotatable bonds is 4. The van der Waals surface area contributed by atoms with E-state index in [1.54, 1.807) is 0 Å². The number of carbonyl (C=O) groups is 1. The zero-order chi connectivity index (χ0) is 17.9. The molecule has 3 aromatic rings. The molecule has 1 saturated heterocycles. The van der Waals surface area contributed by atoms with Gasteiger partial charge in [0.25, 0.3) is 0 Å². The van der Waals surface area contributed by atoms with E-state index in [-0.39, 0.29) is 5.91 Å². The fourth-order valence-electron chi connectivity index (χ4n) is 3.32. The van der Waals surface area contributed by atoms with E-state index in [1.165, 1.54) is 0 Å². The number of aryl methyl sites for hydroxylation is 1. The summed E-state index contributed by atoms with van der Waals surface area (Å²) in [4.78, 5) is 16.9. The van der Waals surface area contributed by atoms with Crippen molar-refractivity contribution >= 4 is 22.7 Å². The molecule has 0 unspecified atom stereocenters. The van der Waals surface area contributed by atoms with Crippen molar-refractivity contribution in [2.24, 2.45) is 5.92 Å². The van der Waals surface area contributed by atoms with Crippen molar-refractivity contribution in [1.82, 2.24) is 4.98 Å². The van der Waals surface area contributed by atoms with Crippen LogP contribution in [0.2, 0.25) is 0 Å². The van der Waals surface area contributed by atoms with Gasteiger partial charge in [-0.2, -0.15) is 0 Å². The van der Waals surface area contributed by atoms with Gasteiger partial charge in [-0.25, -0.2) is 4.98 Å². The van der Waals surface area contributed by atoms with Gasteiger partial charge in [0.05, 0.1) is 0 Å². The fourth-order valence-corrected chi connectivity index (χ4v) is 3.32. The number of fused-ring (bicyclic) bond motifs is 1. The van der Waals surface area contributed by atoms with E-state index in [2.05, 4.69) is 10.3 Å². The van der Waals surface area contributed by atoms with Crippen LogP contribution in [0.4, 0.5) is 5.69 Å². The number of benzene rings is 2. The summed E-state index contributed by atoms with van der Waals surface area (Å²) in [5.41, 5.74) is 4.36. The zero-order valence-corrected chi connectivity index (χ0v) is 14.8. The third kappa shape index (κ3) is 3.78. The first-order valence-electron chi connectivity index (χ1n) is 9.02. The van der Waals surface area contributed by atoms with Crippen molar-refractivity contribution in [2.45, 2.75) is 26.2 Å². The van der Waals surface area contributed by atoms with Crippen LogP contribution in [0.5, 0.6) is 0 Å². The molecule has 5 heteroatoms. The van der Waals surface area contributed by atoms with Gasteiger partial charge in [0, 0.05) is 30.9 Å². The van der Waals surface area contributed by atoms with Crippen molar-refractivity contribution in [2.75, 3.05) is 18.5 Å². The molecule has 4 rings (SSSR count). The van der Waals surface area contributed by atoms with Crippen LogP contribution in [0.3, 0.4) is 0 Å². The molecule has 1 aliphatic rings. The lowest BCUT2D eigenvalue weighted by atomic mass is 9.96. The lowest BCUT2D eigenvalue weighted by Crippen LogP contribution is -2.22. The van der Waals surface area contributed by atoms with Gasteiger partial charge < -0.3 is 14.5 Å². The zero-order valence-electron chi connectivity index (χ0n) is 14.8. The van der Waals surface area contributed by atoms with Gasteiger partial charge in [-0.3, -0.25) is 4.79 Å². The third-order valence-corrected chi connectivity index (χ3v) is 4.75. The van der Waals surface area contributed by atoms with Crippen LogP contribution < -0.4 is 5.32 Å². The Morgan fingerprint density at radius 3 is 2.88 bits per heavy atom. The van der Waals surface area contributed by atoms with E-state index >= 15 is 0 Å². The maximum atomic E-state index is 12.3. The maximum absolute atomic E-state index is 12.3. The van der Waals surface area contributed by atoms with Crippen LogP contribution in [-0.4, -0.2) is 24.1 Å². The number of anilines is 1. The summed E-state index contributed by atoms with van der Waals surface area (Å²) in [6.07, 6.45) is 2.45. The summed E-state index contributed by atoms with van der Waals surface area (Å²) in [5.74, 6) is 1.01. The highest BCUT2D eigenvalue weighted by molar-refractivity contribution is 5.91. The lowest BCUT2D eigenvalue weighted by molar-refractivity contribution is -0.117. The van der Waals surface area contributed by atoms with Crippen molar-refractivity contribution in [3.05, 3.63) is 48.0 Å². The summed E-state index contributed by atoms with van der Waals surface area (Å²) >= 11 is 0. The molecule has 0 aliphatic carbocycles. The minimum atomic E-state index is 0.0437. The molecule has 1 amide bonds. The topological polar surface area (TPSA) is 64.4 Å². The Balaban J connectivity index is 1.49. The van der Waals surface area contributed by atoms with Crippen LogP contribution in [0.25, 0.3) is 22.6 Å². The number of aromatic nitrogens is 1. The molecular formula is C21H22N2O3. The maximum Gasteiger partial charge on any atom is 0.227 e. The second kappa shape index (κ2) is 7.30. The van der Waals surface area contributed by atoms with E-state index in [4.69, 9.17) is 9.15 Å². The Morgan fingerprint density at radius 1 is 1.19 bits per heavy atom. The Hall–Kier alpha value is -2.66. The van der Waals surface area contributed by atoms with Crippen LogP contribution in [0.15, 0.2) is 46.9 Å². The van der Waals surface area contributed by atoms with Gasteiger partial charge in [0.2, 0.25) is 11.8 Å². The molecule has 2 heterocycles. The molecule has 1 fully saturated rings. The SMILES string of the molecule is Cc1ccc2oc(-c3cccc(NC(=O)CC4CCOCC4)c3)nc2c1. The smallest absolute Gasteiger partial charge is 0.227 e. The Morgan fingerprint density at radius 2 is 2.04 bits per heavy atom. The summed E-state index contributed by atoms with van der Waals surface area (Å²) in [7, 11) is 0. The largest absolute Gasteiger partial charge is 0.436 e. The third-order valence-electron chi connectivity index (χ3n) is 4.75. The average molecular weight is 350 g/mol. The molecule has 0 bridgehead atoms. The quantitative estimate of drug-likeness (QED) is 0.749. The standard InChI is InChI=1S/C21H22N2O3/c1-14-5-6-19-18(11-14)23-21(26-19)16-3-2-4-17(13-16)22-20(24)12-15-7-9-25-10-8-15/h2-6,11,13,15H,7-10,12H2,1H3,(H,22,24). The molecule has 2 aromatic carbocycles. The van der Waals surface area contributed by atoms with E-state index in [9.17, 15) is 4.79 Å². The number of hydrogen-bond donors (Lipinski definition) is 1. The number of oxazole rings is 1.